The lowest BCUT2D eigenvalue weighted by molar-refractivity contribution is 0.463. The molecule has 0 unspecified atom stereocenters. The lowest BCUT2D eigenvalue weighted by atomic mass is 10.4. The molecule has 0 spiro atoms. The standard InChI is InChI=1S/C11H12FNO2S/c1-3-8-13(4-2)16(14,15)11-7-5-6-10(12)9-11/h1,5-7,9H,4,8H2,2H3. The predicted molar refractivity (Wildman–Crippen MR) is 59.7 cm³/mol. The molecule has 0 heterocycles. The van der Waals surface area contributed by atoms with Crippen molar-refractivity contribution >= 4 is 10.0 Å². The molecule has 0 bridgehead atoms. The van der Waals surface area contributed by atoms with Gasteiger partial charge in [-0.15, -0.1) is 6.42 Å². The topological polar surface area (TPSA) is 37.4 Å². The third-order valence-electron chi connectivity index (χ3n) is 2.05. The maximum Gasteiger partial charge on any atom is 0.244 e. The van der Waals surface area contributed by atoms with E-state index in [0.717, 1.165) is 10.4 Å². The Morgan fingerprint density at radius 2 is 2.19 bits per heavy atom. The van der Waals surface area contributed by atoms with Crippen molar-refractivity contribution in [2.45, 2.75) is 11.8 Å². The quantitative estimate of drug-likeness (QED) is 0.749. The summed E-state index contributed by atoms with van der Waals surface area (Å²) in [5, 5.41) is 0. The highest BCUT2D eigenvalue weighted by molar-refractivity contribution is 7.89. The highest BCUT2D eigenvalue weighted by Crippen LogP contribution is 2.15. The molecule has 1 aromatic rings. The van der Waals surface area contributed by atoms with Gasteiger partial charge in [0.25, 0.3) is 0 Å². The normalized spacial score (nSPS) is 11.4. The number of terminal acetylenes is 1. The Bertz CT molecular complexity index is 505. The molecule has 0 amide bonds. The van der Waals surface area contributed by atoms with Crippen molar-refractivity contribution in [1.29, 1.82) is 0 Å². The van der Waals surface area contributed by atoms with Gasteiger partial charge in [0.15, 0.2) is 0 Å². The molecule has 0 saturated heterocycles. The van der Waals surface area contributed by atoms with E-state index in [0.29, 0.717) is 0 Å². The average molecular weight is 241 g/mol. The van der Waals surface area contributed by atoms with Crippen LogP contribution >= 0.6 is 0 Å². The summed E-state index contributed by atoms with van der Waals surface area (Å²) in [4.78, 5) is -0.0791. The number of hydrogen-bond donors (Lipinski definition) is 0. The molecule has 16 heavy (non-hydrogen) atoms. The van der Waals surface area contributed by atoms with Crippen molar-refractivity contribution in [2.24, 2.45) is 0 Å². The molecule has 0 N–H and O–H groups in total. The molecule has 0 atom stereocenters. The van der Waals surface area contributed by atoms with Gasteiger partial charge >= 0.3 is 0 Å². The van der Waals surface area contributed by atoms with E-state index < -0.39 is 15.8 Å². The smallest absolute Gasteiger partial charge is 0.207 e. The first-order valence-electron chi connectivity index (χ1n) is 4.71. The highest BCUT2D eigenvalue weighted by atomic mass is 32.2. The number of sulfonamides is 1. The van der Waals surface area contributed by atoms with E-state index in [-0.39, 0.29) is 18.0 Å². The monoisotopic (exact) mass is 241 g/mol. The van der Waals surface area contributed by atoms with Crippen LogP contribution in [-0.2, 0) is 10.0 Å². The highest BCUT2D eigenvalue weighted by Gasteiger charge is 2.22. The van der Waals surface area contributed by atoms with Gasteiger partial charge in [0, 0.05) is 6.54 Å². The minimum Gasteiger partial charge on any atom is -0.207 e. The number of benzene rings is 1. The van der Waals surface area contributed by atoms with Gasteiger partial charge in [-0.05, 0) is 18.2 Å². The third kappa shape index (κ3) is 2.60. The van der Waals surface area contributed by atoms with Crippen molar-refractivity contribution in [2.75, 3.05) is 13.1 Å². The van der Waals surface area contributed by atoms with E-state index in [9.17, 15) is 12.8 Å². The Morgan fingerprint density at radius 3 is 2.69 bits per heavy atom. The van der Waals surface area contributed by atoms with Gasteiger partial charge in [-0.1, -0.05) is 18.9 Å². The van der Waals surface area contributed by atoms with E-state index in [4.69, 9.17) is 6.42 Å². The van der Waals surface area contributed by atoms with Crippen LogP contribution in [0, 0.1) is 18.2 Å². The lowest BCUT2D eigenvalue weighted by Gasteiger charge is -2.17. The summed E-state index contributed by atoms with van der Waals surface area (Å²) in [5.41, 5.74) is 0. The van der Waals surface area contributed by atoms with Crippen molar-refractivity contribution in [1.82, 2.24) is 4.31 Å². The van der Waals surface area contributed by atoms with E-state index in [1.807, 2.05) is 0 Å². The Morgan fingerprint density at radius 1 is 1.50 bits per heavy atom. The van der Waals surface area contributed by atoms with Gasteiger partial charge < -0.3 is 0 Å². The van der Waals surface area contributed by atoms with Crippen LogP contribution < -0.4 is 0 Å². The fourth-order valence-corrected chi connectivity index (χ4v) is 2.64. The molecule has 1 rings (SSSR count). The van der Waals surface area contributed by atoms with Crippen molar-refractivity contribution < 1.29 is 12.8 Å². The van der Waals surface area contributed by atoms with Gasteiger partial charge in [0.05, 0.1) is 11.4 Å². The van der Waals surface area contributed by atoms with Crippen LogP contribution in [0.25, 0.3) is 0 Å². The zero-order chi connectivity index (χ0) is 12.2. The Hall–Kier alpha value is -1.38. The second-order valence-electron chi connectivity index (χ2n) is 3.09. The van der Waals surface area contributed by atoms with Crippen LogP contribution in [0.15, 0.2) is 29.2 Å². The van der Waals surface area contributed by atoms with Crippen LogP contribution in [-0.4, -0.2) is 25.8 Å². The van der Waals surface area contributed by atoms with Crippen LogP contribution in [0.4, 0.5) is 4.39 Å². The zero-order valence-corrected chi connectivity index (χ0v) is 9.67. The van der Waals surface area contributed by atoms with E-state index in [2.05, 4.69) is 5.92 Å². The van der Waals surface area contributed by atoms with Crippen molar-refractivity contribution in [3.8, 4) is 12.3 Å². The molecule has 0 radical (unpaired) electrons. The molecule has 1 aromatic carbocycles. The Labute approximate surface area is 94.9 Å². The maximum atomic E-state index is 12.9. The fourth-order valence-electron chi connectivity index (χ4n) is 1.25. The second kappa shape index (κ2) is 5.10. The van der Waals surface area contributed by atoms with Gasteiger partial charge in [-0.25, -0.2) is 12.8 Å². The molecule has 86 valence electrons. The number of rotatable bonds is 4. The molecule has 0 fully saturated rings. The van der Waals surface area contributed by atoms with Gasteiger partial charge in [0.1, 0.15) is 5.82 Å². The average Bonchev–Trinajstić information content (AvgIpc) is 2.25. The van der Waals surface area contributed by atoms with Crippen LogP contribution in [0.2, 0.25) is 0 Å². The first kappa shape index (κ1) is 12.7. The molecule has 0 saturated carbocycles. The summed E-state index contributed by atoms with van der Waals surface area (Å²) in [6.45, 7) is 1.91. The summed E-state index contributed by atoms with van der Waals surface area (Å²) in [7, 11) is -3.68. The largest absolute Gasteiger partial charge is 0.244 e. The Balaban J connectivity index is 3.16. The van der Waals surface area contributed by atoms with Crippen molar-refractivity contribution in [3.05, 3.63) is 30.1 Å². The summed E-state index contributed by atoms with van der Waals surface area (Å²) in [5.74, 6) is 1.68. The maximum absolute atomic E-state index is 12.9. The van der Waals surface area contributed by atoms with Crippen LogP contribution in [0.5, 0.6) is 0 Å². The lowest BCUT2D eigenvalue weighted by Crippen LogP contribution is -2.31. The molecular weight excluding hydrogens is 229 g/mol. The molecule has 5 heteroatoms. The molecule has 0 aliphatic carbocycles. The summed E-state index contributed by atoms with van der Waals surface area (Å²) < 4.78 is 38.0. The molecule has 0 aromatic heterocycles. The van der Waals surface area contributed by atoms with Gasteiger partial charge in [-0.3, -0.25) is 0 Å². The minimum absolute atomic E-state index is 0.0185. The van der Waals surface area contributed by atoms with Crippen molar-refractivity contribution in [3.63, 3.8) is 0 Å². The van der Waals surface area contributed by atoms with E-state index >= 15 is 0 Å². The third-order valence-corrected chi connectivity index (χ3v) is 3.97. The number of hydrogen-bond acceptors (Lipinski definition) is 2. The Kier molecular flexibility index (Phi) is 4.05. The fraction of sp³-hybridized carbons (Fsp3) is 0.273. The minimum atomic E-state index is -3.68. The number of nitrogens with zero attached hydrogens (tertiary/aromatic N) is 1. The van der Waals surface area contributed by atoms with Crippen LogP contribution in [0.1, 0.15) is 6.92 Å². The zero-order valence-electron chi connectivity index (χ0n) is 8.85. The molecular formula is C11H12FNO2S. The summed E-state index contributed by atoms with van der Waals surface area (Å²) in [6, 6.07) is 4.87. The van der Waals surface area contributed by atoms with Crippen LogP contribution in [0.3, 0.4) is 0 Å². The van der Waals surface area contributed by atoms with Gasteiger partial charge in [-0.2, -0.15) is 4.31 Å². The van der Waals surface area contributed by atoms with Gasteiger partial charge in [0.2, 0.25) is 10.0 Å². The number of halogens is 1. The first-order valence-corrected chi connectivity index (χ1v) is 6.15. The predicted octanol–water partition coefficient (Wildman–Crippen LogP) is 1.47. The van der Waals surface area contributed by atoms with E-state index in [1.165, 1.54) is 18.2 Å². The SMILES string of the molecule is C#CCN(CC)S(=O)(=O)c1cccc(F)c1. The first-order chi connectivity index (χ1) is 7.52. The van der Waals surface area contributed by atoms with E-state index in [1.54, 1.807) is 6.92 Å². The molecule has 0 aliphatic rings. The molecule has 0 aliphatic heterocycles. The summed E-state index contributed by atoms with van der Waals surface area (Å²) in [6.07, 6.45) is 5.08. The summed E-state index contributed by atoms with van der Waals surface area (Å²) >= 11 is 0. The molecule has 3 nitrogen and oxygen atoms in total. The second-order valence-corrected chi connectivity index (χ2v) is 5.03.